The van der Waals surface area contributed by atoms with Gasteiger partial charge in [-0.05, 0) is 31.4 Å². The van der Waals surface area contributed by atoms with Crippen LogP contribution in [0, 0.1) is 0 Å². The molecule has 1 aliphatic rings. The van der Waals surface area contributed by atoms with Crippen molar-refractivity contribution < 1.29 is 0 Å². The second-order valence-electron chi connectivity index (χ2n) is 3.48. The highest BCUT2D eigenvalue weighted by Crippen LogP contribution is 2.11. The summed E-state index contributed by atoms with van der Waals surface area (Å²) >= 11 is 0. The van der Waals surface area contributed by atoms with Crippen molar-refractivity contribution in [2.75, 3.05) is 6.54 Å². The molecular formula is C11H15N. The Morgan fingerprint density at radius 1 is 1.25 bits per heavy atom. The van der Waals surface area contributed by atoms with Crippen LogP contribution in [0.2, 0.25) is 0 Å². The molecule has 1 heteroatoms. The normalized spacial score (nSPS) is 22.8. The van der Waals surface area contributed by atoms with Crippen molar-refractivity contribution >= 4 is 0 Å². The molecule has 1 fully saturated rings. The van der Waals surface area contributed by atoms with Crippen LogP contribution in [-0.2, 0) is 6.42 Å². The number of hydrogen-bond donors (Lipinski definition) is 1. The predicted octanol–water partition coefficient (Wildman–Crippen LogP) is 1.98. The van der Waals surface area contributed by atoms with Gasteiger partial charge in [0.2, 0.25) is 0 Å². The lowest BCUT2D eigenvalue weighted by molar-refractivity contribution is 0.603. The van der Waals surface area contributed by atoms with Crippen LogP contribution < -0.4 is 5.32 Å². The zero-order valence-electron chi connectivity index (χ0n) is 7.29. The van der Waals surface area contributed by atoms with Gasteiger partial charge in [0, 0.05) is 6.04 Å². The molecule has 1 heterocycles. The Kier molecular flexibility index (Phi) is 2.42. The van der Waals surface area contributed by atoms with Gasteiger partial charge in [-0.1, -0.05) is 30.3 Å². The van der Waals surface area contributed by atoms with Crippen LogP contribution in [0.15, 0.2) is 30.3 Å². The second kappa shape index (κ2) is 3.72. The van der Waals surface area contributed by atoms with Gasteiger partial charge in [-0.3, -0.25) is 0 Å². The van der Waals surface area contributed by atoms with Crippen molar-refractivity contribution in [1.82, 2.24) is 5.32 Å². The highest BCUT2D eigenvalue weighted by Gasteiger charge is 2.13. The Morgan fingerprint density at radius 2 is 2.08 bits per heavy atom. The summed E-state index contributed by atoms with van der Waals surface area (Å²) in [6.45, 7) is 1.21. The molecule has 1 N–H and O–H groups in total. The Bertz CT molecular complexity index is 224. The average Bonchev–Trinajstić information content (AvgIpc) is 2.59. The molecule has 1 atom stereocenters. The third-order valence-electron chi connectivity index (χ3n) is 2.49. The summed E-state index contributed by atoms with van der Waals surface area (Å²) in [5, 5.41) is 3.51. The molecule has 2 rings (SSSR count). The van der Waals surface area contributed by atoms with E-state index < -0.39 is 0 Å². The smallest absolute Gasteiger partial charge is 0.0108 e. The predicted molar refractivity (Wildman–Crippen MR) is 51.2 cm³/mol. The van der Waals surface area contributed by atoms with Crippen LogP contribution >= 0.6 is 0 Å². The first-order valence-electron chi connectivity index (χ1n) is 4.72. The van der Waals surface area contributed by atoms with Crippen molar-refractivity contribution in [3.8, 4) is 0 Å². The first kappa shape index (κ1) is 7.81. The highest BCUT2D eigenvalue weighted by atomic mass is 14.9. The molecule has 64 valence electrons. The number of nitrogens with one attached hydrogen (secondary N) is 1. The monoisotopic (exact) mass is 161 g/mol. The SMILES string of the molecule is c1ccc(CC2CCCN2)cc1. The van der Waals surface area contributed by atoms with E-state index >= 15 is 0 Å². The van der Waals surface area contributed by atoms with E-state index in [2.05, 4.69) is 35.6 Å². The van der Waals surface area contributed by atoms with Gasteiger partial charge in [-0.15, -0.1) is 0 Å². The summed E-state index contributed by atoms with van der Waals surface area (Å²) in [6.07, 6.45) is 3.88. The van der Waals surface area contributed by atoms with Crippen LogP contribution in [0.1, 0.15) is 18.4 Å². The van der Waals surface area contributed by atoms with Crippen LogP contribution in [-0.4, -0.2) is 12.6 Å². The first-order chi connectivity index (χ1) is 5.95. The molecule has 1 aromatic carbocycles. The van der Waals surface area contributed by atoms with Gasteiger partial charge in [-0.2, -0.15) is 0 Å². The molecule has 1 nitrogen and oxygen atoms in total. The third kappa shape index (κ3) is 1.86. The maximum Gasteiger partial charge on any atom is 0.0108 e. The van der Waals surface area contributed by atoms with Crippen LogP contribution in [0.4, 0.5) is 0 Å². The molecule has 1 unspecified atom stereocenters. The van der Waals surface area contributed by atoms with Crippen LogP contribution in [0.25, 0.3) is 0 Å². The first-order valence-corrected chi connectivity index (χ1v) is 4.72. The van der Waals surface area contributed by atoms with E-state index in [1.807, 2.05) is 0 Å². The molecule has 1 aromatic rings. The maximum atomic E-state index is 3.51. The van der Waals surface area contributed by atoms with Gasteiger partial charge in [0.25, 0.3) is 0 Å². The van der Waals surface area contributed by atoms with Crippen molar-refractivity contribution in [3.05, 3.63) is 35.9 Å². The number of hydrogen-bond acceptors (Lipinski definition) is 1. The lowest BCUT2D eigenvalue weighted by atomic mass is 10.1. The molecular weight excluding hydrogens is 146 g/mol. The Balaban J connectivity index is 1.94. The van der Waals surface area contributed by atoms with E-state index in [1.54, 1.807) is 0 Å². The molecule has 0 amide bonds. The summed E-state index contributed by atoms with van der Waals surface area (Å²) in [6, 6.07) is 11.5. The lowest BCUT2D eigenvalue weighted by Gasteiger charge is -2.08. The van der Waals surface area contributed by atoms with Crippen LogP contribution in [0.3, 0.4) is 0 Å². The van der Waals surface area contributed by atoms with E-state index in [9.17, 15) is 0 Å². The minimum absolute atomic E-state index is 0.729. The van der Waals surface area contributed by atoms with E-state index in [0.717, 1.165) is 6.04 Å². The zero-order valence-corrected chi connectivity index (χ0v) is 7.29. The van der Waals surface area contributed by atoms with Gasteiger partial charge in [-0.25, -0.2) is 0 Å². The Morgan fingerprint density at radius 3 is 2.75 bits per heavy atom. The number of rotatable bonds is 2. The van der Waals surface area contributed by atoms with Gasteiger partial charge >= 0.3 is 0 Å². The molecule has 1 aliphatic heterocycles. The largest absolute Gasteiger partial charge is 0.314 e. The lowest BCUT2D eigenvalue weighted by Crippen LogP contribution is -2.23. The summed E-state index contributed by atoms with van der Waals surface area (Å²) in [5.74, 6) is 0. The van der Waals surface area contributed by atoms with E-state index in [-0.39, 0.29) is 0 Å². The Hall–Kier alpha value is -0.820. The van der Waals surface area contributed by atoms with E-state index in [1.165, 1.54) is 31.4 Å². The van der Waals surface area contributed by atoms with Crippen molar-refractivity contribution in [1.29, 1.82) is 0 Å². The molecule has 1 saturated heterocycles. The average molecular weight is 161 g/mol. The second-order valence-corrected chi connectivity index (χ2v) is 3.48. The zero-order chi connectivity index (χ0) is 8.23. The van der Waals surface area contributed by atoms with Crippen LogP contribution in [0.5, 0.6) is 0 Å². The maximum absolute atomic E-state index is 3.51. The molecule has 0 aliphatic carbocycles. The molecule has 0 saturated carbocycles. The fraction of sp³-hybridized carbons (Fsp3) is 0.455. The molecule has 0 spiro atoms. The van der Waals surface area contributed by atoms with Gasteiger partial charge < -0.3 is 5.32 Å². The van der Waals surface area contributed by atoms with Gasteiger partial charge in [0.1, 0.15) is 0 Å². The fourth-order valence-electron chi connectivity index (χ4n) is 1.83. The summed E-state index contributed by atoms with van der Waals surface area (Å²) in [5.41, 5.74) is 1.46. The molecule has 0 aromatic heterocycles. The fourth-order valence-corrected chi connectivity index (χ4v) is 1.83. The van der Waals surface area contributed by atoms with Crippen molar-refractivity contribution in [2.45, 2.75) is 25.3 Å². The summed E-state index contributed by atoms with van der Waals surface area (Å²) in [7, 11) is 0. The van der Waals surface area contributed by atoms with Crippen molar-refractivity contribution in [3.63, 3.8) is 0 Å². The van der Waals surface area contributed by atoms with Gasteiger partial charge in [0.15, 0.2) is 0 Å². The minimum Gasteiger partial charge on any atom is -0.314 e. The highest BCUT2D eigenvalue weighted by molar-refractivity contribution is 5.16. The summed E-state index contributed by atoms with van der Waals surface area (Å²) < 4.78 is 0. The van der Waals surface area contributed by atoms with E-state index in [4.69, 9.17) is 0 Å². The van der Waals surface area contributed by atoms with E-state index in [0.29, 0.717) is 0 Å². The summed E-state index contributed by atoms with van der Waals surface area (Å²) in [4.78, 5) is 0. The molecule has 12 heavy (non-hydrogen) atoms. The molecule has 0 bridgehead atoms. The van der Waals surface area contributed by atoms with Gasteiger partial charge in [0.05, 0.1) is 0 Å². The number of benzene rings is 1. The standard InChI is InChI=1S/C11H15N/c1-2-5-10(6-3-1)9-11-7-4-8-12-11/h1-3,5-6,11-12H,4,7-9H2. The minimum atomic E-state index is 0.729. The third-order valence-corrected chi connectivity index (χ3v) is 2.49. The molecule has 0 radical (unpaired) electrons. The Labute approximate surface area is 73.8 Å². The quantitative estimate of drug-likeness (QED) is 0.699. The topological polar surface area (TPSA) is 12.0 Å². The van der Waals surface area contributed by atoms with Crippen molar-refractivity contribution in [2.24, 2.45) is 0 Å².